The topological polar surface area (TPSA) is 84.5 Å². The summed E-state index contributed by atoms with van der Waals surface area (Å²) in [6, 6.07) is 6.58. The van der Waals surface area contributed by atoms with Gasteiger partial charge in [0.2, 0.25) is 11.8 Å². The van der Waals surface area contributed by atoms with Crippen molar-refractivity contribution in [1.82, 2.24) is 5.32 Å². The first-order valence-corrected chi connectivity index (χ1v) is 9.10. The summed E-state index contributed by atoms with van der Waals surface area (Å²) in [5, 5.41) is 5.38. The number of carbonyl (C=O) groups is 3. The molecule has 0 atom stereocenters. The largest absolute Gasteiger partial charge is 0.462 e. The molecular weight excluding hydrogens is 332 g/mol. The van der Waals surface area contributed by atoms with Gasteiger partial charge in [0.05, 0.1) is 17.9 Å². The summed E-state index contributed by atoms with van der Waals surface area (Å²) >= 11 is 0. The zero-order valence-corrected chi connectivity index (χ0v) is 15.2. The number of amides is 2. The van der Waals surface area contributed by atoms with Gasteiger partial charge < -0.3 is 15.4 Å². The van der Waals surface area contributed by atoms with Crippen LogP contribution >= 0.6 is 0 Å². The molecule has 26 heavy (non-hydrogen) atoms. The van der Waals surface area contributed by atoms with Crippen LogP contribution in [0.15, 0.2) is 35.9 Å². The smallest absolute Gasteiger partial charge is 0.340 e. The van der Waals surface area contributed by atoms with Gasteiger partial charge in [-0.3, -0.25) is 9.59 Å². The number of benzene rings is 1. The number of anilines is 1. The molecule has 6 nitrogen and oxygen atoms in total. The second-order valence-electron chi connectivity index (χ2n) is 6.20. The highest BCUT2D eigenvalue weighted by atomic mass is 16.5. The Morgan fingerprint density at radius 2 is 1.92 bits per heavy atom. The molecule has 0 saturated heterocycles. The van der Waals surface area contributed by atoms with E-state index in [1.54, 1.807) is 31.2 Å². The van der Waals surface area contributed by atoms with Crippen molar-refractivity contribution >= 4 is 23.5 Å². The van der Waals surface area contributed by atoms with Crippen molar-refractivity contribution in [2.24, 2.45) is 0 Å². The van der Waals surface area contributed by atoms with Gasteiger partial charge in [0.1, 0.15) is 6.42 Å². The zero-order valence-electron chi connectivity index (χ0n) is 15.2. The second-order valence-corrected chi connectivity index (χ2v) is 6.20. The molecule has 6 heteroatoms. The summed E-state index contributed by atoms with van der Waals surface area (Å²) in [5.41, 5.74) is 1.99. The van der Waals surface area contributed by atoms with Gasteiger partial charge in [-0.25, -0.2) is 4.79 Å². The van der Waals surface area contributed by atoms with Crippen molar-refractivity contribution in [3.05, 3.63) is 41.5 Å². The molecule has 1 aromatic carbocycles. The molecule has 2 N–H and O–H groups in total. The molecule has 0 aromatic heterocycles. The summed E-state index contributed by atoms with van der Waals surface area (Å²) in [6.45, 7) is 2.50. The van der Waals surface area contributed by atoms with Crippen LogP contribution in [0.2, 0.25) is 0 Å². The Morgan fingerprint density at radius 3 is 2.65 bits per heavy atom. The van der Waals surface area contributed by atoms with E-state index >= 15 is 0 Å². The average Bonchev–Trinajstić information content (AvgIpc) is 2.63. The van der Waals surface area contributed by atoms with Crippen molar-refractivity contribution in [1.29, 1.82) is 0 Å². The van der Waals surface area contributed by atoms with E-state index in [1.807, 2.05) is 0 Å². The third-order valence-electron chi connectivity index (χ3n) is 4.17. The minimum atomic E-state index is -0.506. The molecule has 1 aliphatic carbocycles. The molecule has 140 valence electrons. The molecule has 2 amide bonds. The Bertz CT molecular complexity index is 682. The van der Waals surface area contributed by atoms with Gasteiger partial charge in [0.25, 0.3) is 0 Å². The molecule has 0 spiro atoms. The Morgan fingerprint density at radius 1 is 1.12 bits per heavy atom. The summed E-state index contributed by atoms with van der Waals surface area (Å²) in [6.07, 6.45) is 7.46. The van der Waals surface area contributed by atoms with Gasteiger partial charge in [-0.1, -0.05) is 23.8 Å². The summed E-state index contributed by atoms with van der Waals surface area (Å²) in [4.78, 5) is 35.9. The van der Waals surface area contributed by atoms with Crippen LogP contribution in [0.1, 0.15) is 55.8 Å². The van der Waals surface area contributed by atoms with Gasteiger partial charge in [-0.15, -0.1) is 0 Å². The number of hydrogen-bond acceptors (Lipinski definition) is 4. The van der Waals surface area contributed by atoms with E-state index in [2.05, 4.69) is 16.7 Å². The van der Waals surface area contributed by atoms with Crippen molar-refractivity contribution in [2.45, 2.75) is 45.4 Å². The molecule has 0 heterocycles. The monoisotopic (exact) mass is 358 g/mol. The van der Waals surface area contributed by atoms with Gasteiger partial charge in [-0.05, 0) is 51.2 Å². The van der Waals surface area contributed by atoms with Gasteiger partial charge in [-0.2, -0.15) is 0 Å². The highest BCUT2D eigenvalue weighted by molar-refractivity contribution is 6.06. The van der Waals surface area contributed by atoms with E-state index in [0.29, 0.717) is 12.2 Å². The van der Waals surface area contributed by atoms with E-state index < -0.39 is 11.9 Å². The Kier molecular flexibility index (Phi) is 7.86. The van der Waals surface area contributed by atoms with Crippen LogP contribution in [0.4, 0.5) is 5.69 Å². The lowest BCUT2D eigenvalue weighted by Crippen LogP contribution is -2.29. The van der Waals surface area contributed by atoms with E-state index in [0.717, 1.165) is 19.3 Å². The maximum Gasteiger partial charge on any atom is 0.340 e. The van der Waals surface area contributed by atoms with Crippen LogP contribution in [0, 0.1) is 0 Å². The maximum atomic E-state index is 12.1. The normalized spacial score (nSPS) is 13.5. The molecule has 1 aliphatic rings. The fraction of sp³-hybridized carbons (Fsp3) is 0.450. The molecule has 0 unspecified atom stereocenters. The van der Waals surface area contributed by atoms with Crippen molar-refractivity contribution < 1.29 is 19.1 Å². The highest BCUT2D eigenvalue weighted by Gasteiger charge is 2.15. The quantitative estimate of drug-likeness (QED) is 0.425. The maximum absolute atomic E-state index is 12.1. The number of hydrogen-bond donors (Lipinski definition) is 2. The van der Waals surface area contributed by atoms with E-state index in [4.69, 9.17) is 4.74 Å². The predicted octanol–water partition coefficient (Wildman–Crippen LogP) is 3.20. The minimum Gasteiger partial charge on any atom is -0.462 e. The van der Waals surface area contributed by atoms with Crippen molar-refractivity contribution in [2.75, 3.05) is 18.5 Å². The molecule has 0 saturated carbocycles. The van der Waals surface area contributed by atoms with Crippen LogP contribution in [0.3, 0.4) is 0 Å². The van der Waals surface area contributed by atoms with Crippen LogP contribution in [0.25, 0.3) is 0 Å². The first kappa shape index (κ1) is 19.7. The summed E-state index contributed by atoms with van der Waals surface area (Å²) in [5.74, 6) is -1.29. The molecular formula is C20H26N2O4. The molecule has 1 aromatic rings. The SMILES string of the molecule is CCOC(=O)c1ccccc1NC(=O)CC(=O)NCCC1=CCCCC1. The number of para-hydroxylation sites is 1. The first-order valence-electron chi connectivity index (χ1n) is 9.10. The van der Waals surface area contributed by atoms with E-state index in [9.17, 15) is 14.4 Å². The van der Waals surface area contributed by atoms with Crippen LogP contribution in [-0.4, -0.2) is 30.9 Å². The Hall–Kier alpha value is -2.63. The second kappa shape index (κ2) is 10.4. The van der Waals surface area contributed by atoms with E-state index in [-0.39, 0.29) is 24.5 Å². The number of carbonyl (C=O) groups excluding carboxylic acids is 3. The lowest BCUT2D eigenvalue weighted by Gasteiger charge is -2.13. The zero-order chi connectivity index (χ0) is 18.8. The molecule has 0 radical (unpaired) electrons. The molecule has 0 bridgehead atoms. The van der Waals surface area contributed by atoms with Crippen LogP contribution in [0.5, 0.6) is 0 Å². The van der Waals surface area contributed by atoms with Crippen LogP contribution < -0.4 is 10.6 Å². The molecule has 2 rings (SSSR count). The average molecular weight is 358 g/mol. The lowest BCUT2D eigenvalue weighted by molar-refractivity contribution is -0.126. The highest BCUT2D eigenvalue weighted by Crippen LogP contribution is 2.19. The number of rotatable bonds is 8. The summed E-state index contributed by atoms with van der Waals surface area (Å²) < 4.78 is 4.97. The number of ether oxygens (including phenoxy) is 1. The van der Waals surface area contributed by atoms with Gasteiger partial charge in [0, 0.05) is 6.54 Å². The van der Waals surface area contributed by atoms with Gasteiger partial charge >= 0.3 is 5.97 Å². The van der Waals surface area contributed by atoms with E-state index in [1.165, 1.54) is 18.4 Å². The molecule has 0 fully saturated rings. The Labute approximate surface area is 154 Å². The fourth-order valence-electron chi connectivity index (χ4n) is 2.88. The fourth-order valence-corrected chi connectivity index (χ4v) is 2.88. The standard InChI is InChI=1S/C20H26N2O4/c1-2-26-20(25)16-10-6-7-11-17(16)22-19(24)14-18(23)21-13-12-15-8-4-3-5-9-15/h6-8,10-11H,2-5,9,12-14H2,1H3,(H,21,23)(H,22,24). The number of allylic oxidation sites excluding steroid dienone is 1. The molecule has 0 aliphatic heterocycles. The lowest BCUT2D eigenvalue weighted by atomic mass is 9.97. The third-order valence-corrected chi connectivity index (χ3v) is 4.17. The summed E-state index contributed by atoms with van der Waals surface area (Å²) in [7, 11) is 0. The predicted molar refractivity (Wildman–Crippen MR) is 99.8 cm³/mol. The first-order chi connectivity index (χ1) is 12.6. The van der Waals surface area contributed by atoms with Gasteiger partial charge in [0.15, 0.2) is 0 Å². The van der Waals surface area contributed by atoms with Crippen LogP contribution in [-0.2, 0) is 14.3 Å². The Balaban J connectivity index is 1.80. The minimum absolute atomic E-state index is 0.250. The van der Waals surface area contributed by atoms with Crippen molar-refractivity contribution in [3.8, 4) is 0 Å². The van der Waals surface area contributed by atoms with Crippen molar-refractivity contribution in [3.63, 3.8) is 0 Å². The third kappa shape index (κ3) is 6.35. The number of esters is 1. The number of nitrogens with one attached hydrogen (secondary N) is 2.